The summed E-state index contributed by atoms with van der Waals surface area (Å²) in [6.07, 6.45) is 0.403. The van der Waals surface area contributed by atoms with Crippen LogP contribution < -0.4 is 10.1 Å². The van der Waals surface area contributed by atoms with Crippen LogP contribution in [0.1, 0.15) is 6.42 Å². The van der Waals surface area contributed by atoms with E-state index in [-0.39, 0.29) is 5.91 Å². The molecule has 0 spiro atoms. The molecule has 20 heavy (non-hydrogen) atoms. The Labute approximate surface area is 118 Å². The number of nitrogens with one attached hydrogen (secondary N) is 1. The Morgan fingerprint density at radius 3 is 2.90 bits per heavy atom. The molecule has 1 amide bonds. The third-order valence-corrected chi connectivity index (χ3v) is 4.20. The fourth-order valence-electron chi connectivity index (χ4n) is 2.04. The Morgan fingerprint density at radius 2 is 2.25 bits per heavy atom. The summed E-state index contributed by atoms with van der Waals surface area (Å²) in [5.74, 6) is -1.45. The highest BCUT2D eigenvalue weighted by Crippen LogP contribution is 2.40. The van der Waals surface area contributed by atoms with Gasteiger partial charge in [0.2, 0.25) is 5.91 Å². The molecule has 6 nitrogen and oxygen atoms in total. The van der Waals surface area contributed by atoms with Gasteiger partial charge in [0, 0.05) is 0 Å². The molecule has 0 saturated heterocycles. The number of carbonyl (C=O) groups is 2. The number of fused-ring (bicyclic) bond motifs is 1. The number of aliphatic carboxylic acids is 1. The van der Waals surface area contributed by atoms with Crippen molar-refractivity contribution in [1.82, 2.24) is 4.98 Å². The standard InChI is InChI=1S/C13H12N2O4S/c1-19-6-2-3-9-10(4-6)20-13(14-9)15-11(16)7-5-8(7)12(17)18/h2-4,7-8H,5H2,1H3,(H,17,18)(H,14,15,16)/t7-,8+/m1/s1. The van der Waals surface area contributed by atoms with Gasteiger partial charge in [-0.1, -0.05) is 11.3 Å². The summed E-state index contributed by atoms with van der Waals surface area (Å²) < 4.78 is 6.04. The molecule has 1 aliphatic rings. The highest BCUT2D eigenvalue weighted by molar-refractivity contribution is 7.22. The lowest BCUT2D eigenvalue weighted by Gasteiger charge is -1.98. The van der Waals surface area contributed by atoms with Crippen molar-refractivity contribution in [3.05, 3.63) is 18.2 Å². The van der Waals surface area contributed by atoms with E-state index in [1.165, 1.54) is 11.3 Å². The zero-order valence-corrected chi connectivity index (χ0v) is 11.4. The number of carboxylic acids is 1. The Morgan fingerprint density at radius 1 is 1.45 bits per heavy atom. The topological polar surface area (TPSA) is 88.5 Å². The molecule has 3 rings (SSSR count). The van der Waals surface area contributed by atoms with Gasteiger partial charge in [-0.05, 0) is 24.6 Å². The Bertz CT molecular complexity index is 697. The molecule has 0 bridgehead atoms. The first-order chi connectivity index (χ1) is 9.58. The number of methoxy groups -OCH3 is 1. The second-order valence-corrected chi connectivity index (χ2v) is 5.66. The second kappa shape index (κ2) is 4.75. The van der Waals surface area contributed by atoms with Crippen LogP contribution in [0.3, 0.4) is 0 Å². The van der Waals surface area contributed by atoms with Crippen LogP contribution in [0.2, 0.25) is 0 Å². The van der Waals surface area contributed by atoms with Crippen LogP contribution in [0, 0.1) is 11.8 Å². The van der Waals surface area contributed by atoms with Gasteiger partial charge in [-0.2, -0.15) is 0 Å². The van der Waals surface area contributed by atoms with Crippen molar-refractivity contribution in [3.8, 4) is 5.75 Å². The predicted octanol–water partition coefficient (Wildman–Crippen LogP) is 1.96. The second-order valence-electron chi connectivity index (χ2n) is 4.63. The van der Waals surface area contributed by atoms with Gasteiger partial charge < -0.3 is 15.2 Å². The third kappa shape index (κ3) is 2.32. The van der Waals surface area contributed by atoms with Crippen molar-refractivity contribution in [2.45, 2.75) is 6.42 Å². The number of aromatic nitrogens is 1. The van der Waals surface area contributed by atoms with Crippen molar-refractivity contribution in [1.29, 1.82) is 0 Å². The molecular weight excluding hydrogens is 280 g/mol. The lowest BCUT2D eigenvalue weighted by Crippen LogP contribution is -2.16. The third-order valence-electron chi connectivity index (χ3n) is 3.27. The zero-order valence-electron chi connectivity index (χ0n) is 10.6. The van der Waals surface area contributed by atoms with E-state index in [4.69, 9.17) is 9.84 Å². The lowest BCUT2D eigenvalue weighted by atomic mass is 10.3. The molecule has 104 valence electrons. The van der Waals surface area contributed by atoms with Crippen LogP contribution in [-0.4, -0.2) is 29.1 Å². The number of hydrogen-bond acceptors (Lipinski definition) is 5. The number of ether oxygens (including phenoxy) is 1. The van der Waals surface area contributed by atoms with Crippen LogP contribution in [0.25, 0.3) is 10.2 Å². The average Bonchev–Trinajstić information content (AvgIpc) is 3.13. The maximum Gasteiger partial charge on any atom is 0.307 e. The minimum Gasteiger partial charge on any atom is -0.497 e. The number of carboxylic acid groups (broad SMARTS) is 1. The molecule has 2 aromatic rings. The van der Waals surface area contributed by atoms with Gasteiger partial charge in [-0.3, -0.25) is 9.59 Å². The van der Waals surface area contributed by atoms with Crippen molar-refractivity contribution < 1.29 is 19.4 Å². The van der Waals surface area contributed by atoms with Gasteiger partial charge >= 0.3 is 5.97 Å². The van der Waals surface area contributed by atoms with E-state index >= 15 is 0 Å². The molecule has 1 fully saturated rings. The highest BCUT2D eigenvalue weighted by Gasteiger charge is 2.48. The number of carbonyl (C=O) groups excluding carboxylic acids is 1. The molecule has 1 aromatic heterocycles. The molecular formula is C13H12N2O4S. The molecule has 1 aromatic carbocycles. The Balaban J connectivity index is 1.75. The Kier molecular flexibility index (Phi) is 3.06. The van der Waals surface area contributed by atoms with Crippen molar-refractivity contribution in [2.24, 2.45) is 11.8 Å². The van der Waals surface area contributed by atoms with Crippen LogP contribution in [0.4, 0.5) is 5.13 Å². The van der Waals surface area contributed by atoms with E-state index in [0.29, 0.717) is 11.6 Å². The van der Waals surface area contributed by atoms with Crippen LogP contribution in [0.5, 0.6) is 5.75 Å². The maximum atomic E-state index is 11.9. The molecule has 2 N–H and O–H groups in total. The summed E-state index contributed by atoms with van der Waals surface area (Å²) in [5.41, 5.74) is 0.775. The SMILES string of the molecule is COc1ccc2nc(NC(=O)[C@@H]3C[C@@H]3C(=O)O)sc2c1. The van der Waals surface area contributed by atoms with Gasteiger partial charge in [-0.25, -0.2) is 4.98 Å². The van der Waals surface area contributed by atoms with Crippen molar-refractivity contribution in [3.63, 3.8) is 0 Å². The fourth-order valence-corrected chi connectivity index (χ4v) is 2.94. The summed E-state index contributed by atoms with van der Waals surface area (Å²) in [6.45, 7) is 0. The minimum absolute atomic E-state index is 0.275. The average molecular weight is 292 g/mol. The summed E-state index contributed by atoms with van der Waals surface area (Å²) in [4.78, 5) is 26.9. The molecule has 0 radical (unpaired) electrons. The largest absolute Gasteiger partial charge is 0.497 e. The van der Waals surface area contributed by atoms with E-state index in [1.807, 2.05) is 12.1 Å². The number of anilines is 1. The monoisotopic (exact) mass is 292 g/mol. The maximum absolute atomic E-state index is 11.9. The summed E-state index contributed by atoms with van der Waals surface area (Å²) >= 11 is 1.34. The summed E-state index contributed by atoms with van der Waals surface area (Å²) in [7, 11) is 1.59. The predicted molar refractivity (Wildman–Crippen MR) is 74.0 cm³/mol. The highest BCUT2D eigenvalue weighted by atomic mass is 32.1. The van der Waals surface area contributed by atoms with Crippen LogP contribution >= 0.6 is 11.3 Å². The first-order valence-electron chi connectivity index (χ1n) is 6.06. The van der Waals surface area contributed by atoms with Crippen LogP contribution in [0.15, 0.2) is 18.2 Å². The van der Waals surface area contributed by atoms with Gasteiger partial charge in [0.25, 0.3) is 0 Å². The summed E-state index contributed by atoms with van der Waals surface area (Å²) in [5, 5.41) is 12.0. The van der Waals surface area contributed by atoms with E-state index in [9.17, 15) is 9.59 Å². The molecule has 0 aliphatic heterocycles. The number of nitrogens with zero attached hydrogens (tertiary/aromatic N) is 1. The molecule has 0 unspecified atom stereocenters. The van der Waals surface area contributed by atoms with Crippen LogP contribution in [-0.2, 0) is 9.59 Å². The van der Waals surface area contributed by atoms with E-state index in [1.54, 1.807) is 13.2 Å². The van der Waals surface area contributed by atoms with Crippen molar-refractivity contribution in [2.75, 3.05) is 12.4 Å². The van der Waals surface area contributed by atoms with Gasteiger partial charge in [0.05, 0.1) is 29.2 Å². The first-order valence-corrected chi connectivity index (χ1v) is 6.88. The smallest absolute Gasteiger partial charge is 0.307 e. The number of benzene rings is 1. The van der Waals surface area contributed by atoms with E-state index in [0.717, 1.165) is 16.0 Å². The van der Waals surface area contributed by atoms with Gasteiger partial charge in [-0.15, -0.1) is 0 Å². The van der Waals surface area contributed by atoms with Crippen molar-refractivity contribution >= 4 is 38.6 Å². The Hall–Kier alpha value is -2.15. The van der Waals surface area contributed by atoms with Gasteiger partial charge in [0.15, 0.2) is 5.13 Å². The van der Waals surface area contributed by atoms with Gasteiger partial charge in [0.1, 0.15) is 5.75 Å². The zero-order chi connectivity index (χ0) is 14.3. The van der Waals surface area contributed by atoms with E-state index < -0.39 is 17.8 Å². The molecule has 7 heteroatoms. The minimum atomic E-state index is -0.917. The molecule has 1 aliphatic carbocycles. The number of thiazole rings is 1. The fraction of sp³-hybridized carbons (Fsp3) is 0.308. The summed E-state index contributed by atoms with van der Waals surface area (Å²) in [6, 6.07) is 5.46. The first kappa shape index (κ1) is 12.9. The molecule has 1 heterocycles. The number of hydrogen-bond donors (Lipinski definition) is 2. The molecule has 1 saturated carbocycles. The van der Waals surface area contributed by atoms with E-state index in [2.05, 4.69) is 10.3 Å². The quantitative estimate of drug-likeness (QED) is 0.899. The lowest BCUT2D eigenvalue weighted by molar-refractivity contribution is -0.139. The number of amides is 1. The molecule has 2 atom stereocenters. The number of rotatable bonds is 4. The normalized spacial score (nSPS) is 20.6.